The molecular formula is C12H10N2OS. The Morgan fingerprint density at radius 1 is 1.19 bits per heavy atom. The predicted molar refractivity (Wildman–Crippen MR) is 66.0 cm³/mol. The molecule has 3 nitrogen and oxygen atoms in total. The summed E-state index contributed by atoms with van der Waals surface area (Å²) < 4.78 is 1.77. The van der Waals surface area contributed by atoms with Crippen LogP contribution in [-0.4, -0.2) is 9.55 Å². The number of nitrogens with one attached hydrogen (secondary N) is 1. The van der Waals surface area contributed by atoms with Crippen LogP contribution in [0, 0.1) is 0 Å². The molecule has 0 atom stereocenters. The van der Waals surface area contributed by atoms with E-state index in [1.807, 2.05) is 41.8 Å². The molecule has 4 heteroatoms. The molecule has 2 heterocycles. The summed E-state index contributed by atoms with van der Waals surface area (Å²) in [7, 11) is 0. The Hall–Kier alpha value is -1.81. The van der Waals surface area contributed by atoms with Crippen LogP contribution in [0.15, 0.2) is 46.6 Å². The summed E-state index contributed by atoms with van der Waals surface area (Å²) in [5.41, 5.74) is 1.81. The van der Waals surface area contributed by atoms with Crippen molar-refractivity contribution < 1.29 is 0 Å². The first-order valence-electron chi connectivity index (χ1n) is 5.04. The van der Waals surface area contributed by atoms with Crippen molar-refractivity contribution in [2.75, 3.05) is 0 Å². The molecule has 0 amide bonds. The quantitative estimate of drug-likeness (QED) is 0.721. The smallest absolute Gasteiger partial charge is 0.306 e. The van der Waals surface area contributed by atoms with Gasteiger partial charge in [0.15, 0.2) is 0 Å². The molecule has 0 aliphatic rings. The van der Waals surface area contributed by atoms with E-state index >= 15 is 0 Å². The monoisotopic (exact) mass is 230 g/mol. The second-order valence-corrected chi connectivity index (χ2v) is 4.65. The molecule has 0 saturated heterocycles. The van der Waals surface area contributed by atoms with Gasteiger partial charge in [0.25, 0.3) is 0 Å². The fourth-order valence-electron chi connectivity index (χ4n) is 1.82. The molecule has 0 fully saturated rings. The number of hydrogen-bond donors (Lipinski definition) is 1. The molecule has 0 unspecified atom stereocenters. The zero-order valence-corrected chi connectivity index (χ0v) is 9.33. The molecule has 0 radical (unpaired) electrons. The zero-order valence-electron chi connectivity index (χ0n) is 8.51. The first-order valence-corrected chi connectivity index (χ1v) is 5.92. The minimum absolute atomic E-state index is 0.0467. The van der Waals surface area contributed by atoms with Crippen LogP contribution >= 0.6 is 11.3 Å². The molecule has 2 aromatic heterocycles. The number of aromatic nitrogens is 2. The number of hydrogen-bond acceptors (Lipinski definition) is 2. The number of nitrogens with zero attached hydrogens (tertiary/aromatic N) is 1. The van der Waals surface area contributed by atoms with E-state index in [0.717, 1.165) is 11.0 Å². The summed E-state index contributed by atoms with van der Waals surface area (Å²) in [4.78, 5) is 15.8. The van der Waals surface area contributed by atoms with Crippen LogP contribution in [0.2, 0.25) is 0 Å². The molecule has 0 bridgehead atoms. The highest BCUT2D eigenvalue weighted by molar-refractivity contribution is 7.09. The van der Waals surface area contributed by atoms with E-state index in [9.17, 15) is 4.79 Å². The van der Waals surface area contributed by atoms with Crippen molar-refractivity contribution >= 4 is 22.4 Å². The molecule has 3 aromatic rings. The largest absolute Gasteiger partial charge is 0.326 e. The summed E-state index contributed by atoms with van der Waals surface area (Å²) in [5, 5.41) is 2.02. The average Bonchev–Trinajstić information content (AvgIpc) is 2.89. The highest BCUT2D eigenvalue weighted by Crippen LogP contribution is 2.14. The number of imidazole rings is 1. The van der Waals surface area contributed by atoms with Crippen LogP contribution in [0.4, 0.5) is 0 Å². The third kappa shape index (κ3) is 1.47. The number of rotatable bonds is 2. The van der Waals surface area contributed by atoms with E-state index in [4.69, 9.17) is 0 Å². The topological polar surface area (TPSA) is 37.8 Å². The summed E-state index contributed by atoms with van der Waals surface area (Å²) in [5.74, 6) is 0. The number of H-pyrrole nitrogens is 1. The van der Waals surface area contributed by atoms with E-state index in [1.54, 1.807) is 15.9 Å². The third-order valence-corrected chi connectivity index (χ3v) is 3.44. The lowest BCUT2D eigenvalue weighted by molar-refractivity contribution is 0.798. The van der Waals surface area contributed by atoms with Crippen LogP contribution in [0.25, 0.3) is 11.0 Å². The van der Waals surface area contributed by atoms with Gasteiger partial charge in [-0.25, -0.2) is 4.79 Å². The maximum Gasteiger partial charge on any atom is 0.326 e. The Morgan fingerprint density at radius 2 is 2.06 bits per heavy atom. The number of para-hydroxylation sites is 2. The summed E-state index contributed by atoms with van der Waals surface area (Å²) in [6, 6.07) is 11.8. The molecule has 16 heavy (non-hydrogen) atoms. The Labute approximate surface area is 96.0 Å². The maximum absolute atomic E-state index is 11.8. The molecular weight excluding hydrogens is 220 g/mol. The zero-order chi connectivity index (χ0) is 11.0. The lowest BCUT2D eigenvalue weighted by atomic mass is 10.3. The minimum atomic E-state index is -0.0467. The van der Waals surface area contributed by atoms with E-state index < -0.39 is 0 Å². The van der Waals surface area contributed by atoms with Crippen LogP contribution < -0.4 is 5.69 Å². The van der Waals surface area contributed by atoms with Crippen molar-refractivity contribution in [2.24, 2.45) is 0 Å². The van der Waals surface area contributed by atoms with Gasteiger partial charge in [0.05, 0.1) is 17.6 Å². The van der Waals surface area contributed by atoms with Crippen molar-refractivity contribution in [3.8, 4) is 0 Å². The standard InChI is InChI=1S/C12H10N2OS/c15-12-13-10-5-1-2-6-11(10)14(12)8-9-4-3-7-16-9/h1-7H,8H2,(H,13,15). The molecule has 1 N–H and O–H groups in total. The van der Waals surface area contributed by atoms with Crippen molar-refractivity contribution in [1.29, 1.82) is 0 Å². The van der Waals surface area contributed by atoms with Crippen molar-refractivity contribution in [3.63, 3.8) is 0 Å². The maximum atomic E-state index is 11.8. The van der Waals surface area contributed by atoms with Crippen LogP contribution in [0.3, 0.4) is 0 Å². The van der Waals surface area contributed by atoms with Crippen LogP contribution in [0.1, 0.15) is 4.88 Å². The minimum Gasteiger partial charge on any atom is -0.306 e. The van der Waals surface area contributed by atoms with Gasteiger partial charge in [-0.1, -0.05) is 18.2 Å². The van der Waals surface area contributed by atoms with Gasteiger partial charge in [-0.15, -0.1) is 11.3 Å². The molecule has 3 rings (SSSR count). The second-order valence-electron chi connectivity index (χ2n) is 3.61. The summed E-state index contributed by atoms with van der Waals surface area (Å²) in [6.45, 7) is 0.639. The lowest BCUT2D eigenvalue weighted by Gasteiger charge is -1.99. The van der Waals surface area contributed by atoms with Crippen molar-refractivity contribution in [1.82, 2.24) is 9.55 Å². The molecule has 0 spiro atoms. The van der Waals surface area contributed by atoms with E-state index in [2.05, 4.69) is 4.98 Å². The van der Waals surface area contributed by atoms with Crippen LogP contribution in [-0.2, 0) is 6.54 Å². The van der Waals surface area contributed by atoms with Gasteiger partial charge in [-0.3, -0.25) is 4.57 Å². The van der Waals surface area contributed by atoms with Crippen LogP contribution in [0.5, 0.6) is 0 Å². The molecule has 0 aliphatic carbocycles. The third-order valence-electron chi connectivity index (χ3n) is 2.58. The first kappa shape index (κ1) is 9.42. The van der Waals surface area contributed by atoms with E-state index in [1.165, 1.54) is 4.88 Å². The van der Waals surface area contributed by atoms with Gasteiger partial charge >= 0.3 is 5.69 Å². The first-order chi connectivity index (χ1) is 7.84. The number of thiophene rings is 1. The average molecular weight is 230 g/mol. The molecule has 0 aliphatic heterocycles. The van der Waals surface area contributed by atoms with Gasteiger partial charge in [0.1, 0.15) is 0 Å². The molecule has 1 aromatic carbocycles. The highest BCUT2D eigenvalue weighted by atomic mass is 32.1. The fourth-order valence-corrected chi connectivity index (χ4v) is 2.51. The molecule has 80 valence electrons. The SMILES string of the molecule is O=c1[nH]c2ccccc2n1Cc1cccs1. The summed E-state index contributed by atoms with van der Waals surface area (Å²) in [6.07, 6.45) is 0. The van der Waals surface area contributed by atoms with Crippen molar-refractivity contribution in [3.05, 3.63) is 57.1 Å². The van der Waals surface area contributed by atoms with Gasteiger partial charge in [-0.2, -0.15) is 0 Å². The number of aromatic amines is 1. The highest BCUT2D eigenvalue weighted by Gasteiger charge is 2.06. The fraction of sp³-hybridized carbons (Fsp3) is 0.0833. The van der Waals surface area contributed by atoms with Gasteiger partial charge in [-0.05, 0) is 23.6 Å². The summed E-state index contributed by atoms with van der Waals surface area (Å²) >= 11 is 1.66. The number of fused-ring (bicyclic) bond motifs is 1. The Morgan fingerprint density at radius 3 is 2.88 bits per heavy atom. The van der Waals surface area contributed by atoms with Gasteiger partial charge < -0.3 is 4.98 Å². The predicted octanol–water partition coefficient (Wildman–Crippen LogP) is 2.44. The Balaban J connectivity index is 2.16. The van der Waals surface area contributed by atoms with E-state index in [-0.39, 0.29) is 5.69 Å². The lowest BCUT2D eigenvalue weighted by Crippen LogP contribution is -2.16. The van der Waals surface area contributed by atoms with Gasteiger partial charge in [0, 0.05) is 4.88 Å². The molecule has 0 saturated carbocycles. The van der Waals surface area contributed by atoms with Crippen molar-refractivity contribution in [2.45, 2.75) is 6.54 Å². The Kier molecular flexibility index (Phi) is 2.15. The van der Waals surface area contributed by atoms with Gasteiger partial charge in [0.2, 0.25) is 0 Å². The Bertz CT molecular complexity index is 664. The normalized spacial score (nSPS) is 11.0. The van der Waals surface area contributed by atoms with E-state index in [0.29, 0.717) is 6.54 Å². The second kappa shape index (κ2) is 3.64. The number of benzene rings is 1.